The van der Waals surface area contributed by atoms with Crippen LogP contribution in [0.25, 0.3) is 10.4 Å². The summed E-state index contributed by atoms with van der Waals surface area (Å²) in [5, 5.41) is 9.70. The summed E-state index contributed by atoms with van der Waals surface area (Å²) in [4.78, 5) is 18.5. The monoisotopic (exact) mass is 317 g/mol. The third-order valence-electron chi connectivity index (χ3n) is 4.24. The SMILES string of the molecule is CC1(C)CCc2sc(-c3ccc(ON)cc3)c(C(=O)O)c2C1. The average molecular weight is 317 g/mol. The molecule has 1 aromatic heterocycles. The summed E-state index contributed by atoms with van der Waals surface area (Å²) in [7, 11) is 0. The van der Waals surface area contributed by atoms with Gasteiger partial charge in [0.15, 0.2) is 0 Å². The van der Waals surface area contributed by atoms with Crippen molar-refractivity contribution in [3.8, 4) is 16.2 Å². The molecule has 0 amide bonds. The maximum Gasteiger partial charge on any atom is 0.337 e. The number of benzene rings is 1. The molecule has 116 valence electrons. The van der Waals surface area contributed by atoms with E-state index >= 15 is 0 Å². The van der Waals surface area contributed by atoms with Gasteiger partial charge in [0, 0.05) is 9.75 Å². The maximum atomic E-state index is 11.8. The lowest BCUT2D eigenvalue weighted by Gasteiger charge is -2.29. The first-order valence-corrected chi connectivity index (χ1v) is 8.08. The van der Waals surface area contributed by atoms with E-state index in [1.165, 1.54) is 4.88 Å². The molecule has 3 N–H and O–H groups in total. The zero-order valence-electron chi connectivity index (χ0n) is 12.7. The van der Waals surface area contributed by atoms with Crippen molar-refractivity contribution >= 4 is 17.3 Å². The third-order valence-corrected chi connectivity index (χ3v) is 5.58. The first kappa shape index (κ1) is 15.1. The van der Waals surface area contributed by atoms with E-state index in [4.69, 9.17) is 5.90 Å². The highest BCUT2D eigenvalue weighted by Gasteiger charge is 2.32. The number of thiophene rings is 1. The Hall–Kier alpha value is -1.85. The van der Waals surface area contributed by atoms with E-state index in [9.17, 15) is 9.90 Å². The molecule has 1 aliphatic carbocycles. The van der Waals surface area contributed by atoms with Gasteiger partial charge in [0.25, 0.3) is 0 Å². The van der Waals surface area contributed by atoms with Crippen LogP contribution >= 0.6 is 11.3 Å². The van der Waals surface area contributed by atoms with Crippen molar-refractivity contribution in [2.45, 2.75) is 33.1 Å². The normalized spacial score (nSPS) is 16.1. The lowest BCUT2D eigenvalue weighted by Crippen LogP contribution is -2.22. The maximum absolute atomic E-state index is 11.8. The van der Waals surface area contributed by atoms with Gasteiger partial charge in [0.1, 0.15) is 5.75 Å². The Labute approximate surface area is 133 Å². The molecule has 0 saturated carbocycles. The first-order valence-electron chi connectivity index (χ1n) is 7.26. The number of carboxylic acid groups (broad SMARTS) is 1. The fourth-order valence-corrected chi connectivity index (χ4v) is 4.35. The standard InChI is InChI=1S/C17H19NO3S/c1-17(2)8-7-13-12(9-17)14(16(19)20)15(22-13)10-3-5-11(21-18)6-4-10/h3-6H,7-9,18H2,1-2H3,(H,19,20). The fourth-order valence-electron chi connectivity index (χ4n) is 3.03. The van der Waals surface area contributed by atoms with E-state index in [1.807, 2.05) is 12.1 Å². The van der Waals surface area contributed by atoms with Crippen LogP contribution in [0, 0.1) is 5.41 Å². The van der Waals surface area contributed by atoms with Crippen molar-refractivity contribution in [2.75, 3.05) is 0 Å². The molecule has 0 aliphatic heterocycles. The fraction of sp³-hybridized carbons (Fsp3) is 0.353. The van der Waals surface area contributed by atoms with Crippen molar-refractivity contribution in [1.82, 2.24) is 0 Å². The number of carboxylic acids is 1. The Morgan fingerprint density at radius 1 is 1.32 bits per heavy atom. The summed E-state index contributed by atoms with van der Waals surface area (Å²) in [6.07, 6.45) is 2.88. The summed E-state index contributed by atoms with van der Waals surface area (Å²) >= 11 is 1.60. The van der Waals surface area contributed by atoms with Crippen molar-refractivity contribution in [2.24, 2.45) is 11.3 Å². The predicted molar refractivity (Wildman–Crippen MR) is 87.3 cm³/mol. The smallest absolute Gasteiger partial charge is 0.337 e. The first-order chi connectivity index (χ1) is 10.4. The van der Waals surface area contributed by atoms with E-state index in [1.54, 1.807) is 23.5 Å². The van der Waals surface area contributed by atoms with Crippen LogP contribution in [0.3, 0.4) is 0 Å². The third kappa shape index (κ3) is 2.62. The number of aromatic carboxylic acids is 1. The zero-order valence-corrected chi connectivity index (χ0v) is 13.5. The van der Waals surface area contributed by atoms with Crippen LogP contribution in [0.2, 0.25) is 0 Å². The van der Waals surface area contributed by atoms with Crippen LogP contribution < -0.4 is 10.7 Å². The molecule has 22 heavy (non-hydrogen) atoms. The van der Waals surface area contributed by atoms with Crippen LogP contribution in [0.15, 0.2) is 24.3 Å². The summed E-state index contributed by atoms with van der Waals surface area (Å²) in [6.45, 7) is 4.40. The van der Waals surface area contributed by atoms with E-state index < -0.39 is 5.97 Å². The Kier molecular flexibility index (Phi) is 3.70. The number of fused-ring (bicyclic) bond motifs is 1. The summed E-state index contributed by atoms with van der Waals surface area (Å²) in [5.74, 6) is 4.85. The van der Waals surface area contributed by atoms with Gasteiger partial charge < -0.3 is 9.94 Å². The van der Waals surface area contributed by atoms with Crippen LogP contribution in [0.5, 0.6) is 5.75 Å². The summed E-state index contributed by atoms with van der Waals surface area (Å²) < 4.78 is 0. The van der Waals surface area contributed by atoms with Crippen LogP contribution in [-0.2, 0) is 12.8 Å². The highest BCUT2D eigenvalue weighted by atomic mass is 32.1. The minimum absolute atomic E-state index is 0.160. The minimum atomic E-state index is -0.843. The van der Waals surface area contributed by atoms with Gasteiger partial charge in [-0.15, -0.1) is 11.3 Å². The summed E-state index contributed by atoms with van der Waals surface area (Å²) in [6, 6.07) is 7.22. The second-order valence-electron chi connectivity index (χ2n) is 6.50. The van der Waals surface area contributed by atoms with Gasteiger partial charge in [0.05, 0.1) is 5.56 Å². The van der Waals surface area contributed by atoms with Crippen molar-refractivity contribution in [3.63, 3.8) is 0 Å². The molecule has 0 spiro atoms. The van der Waals surface area contributed by atoms with Crippen molar-refractivity contribution < 1.29 is 14.7 Å². The number of carbonyl (C=O) groups is 1. The van der Waals surface area contributed by atoms with Crippen LogP contribution in [0.1, 0.15) is 41.1 Å². The quantitative estimate of drug-likeness (QED) is 0.843. The largest absolute Gasteiger partial charge is 0.478 e. The molecule has 0 bridgehead atoms. The molecule has 0 radical (unpaired) electrons. The molecule has 2 aromatic rings. The van der Waals surface area contributed by atoms with E-state index in [0.717, 1.165) is 35.3 Å². The number of nitrogens with two attached hydrogens (primary N) is 1. The average Bonchev–Trinajstić information content (AvgIpc) is 2.84. The molecular formula is C17H19NO3S. The highest BCUT2D eigenvalue weighted by molar-refractivity contribution is 7.16. The van der Waals surface area contributed by atoms with Gasteiger partial charge in [-0.3, -0.25) is 0 Å². The Bertz CT molecular complexity index is 716. The Morgan fingerprint density at radius 3 is 2.59 bits per heavy atom. The number of rotatable bonds is 3. The van der Waals surface area contributed by atoms with Gasteiger partial charge in [-0.2, -0.15) is 5.90 Å². The number of hydrogen-bond donors (Lipinski definition) is 2. The van der Waals surface area contributed by atoms with Gasteiger partial charge in [-0.05, 0) is 60.1 Å². The Balaban J connectivity index is 2.12. The highest BCUT2D eigenvalue weighted by Crippen LogP contribution is 2.45. The molecule has 0 atom stereocenters. The Morgan fingerprint density at radius 2 is 2.00 bits per heavy atom. The molecule has 1 heterocycles. The summed E-state index contributed by atoms with van der Waals surface area (Å²) in [5.41, 5.74) is 2.54. The molecule has 5 heteroatoms. The lowest BCUT2D eigenvalue weighted by atomic mass is 9.76. The van der Waals surface area contributed by atoms with Crippen LogP contribution in [0.4, 0.5) is 0 Å². The lowest BCUT2D eigenvalue weighted by molar-refractivity contribution is 0.0696. The van der Waals surface area contributed by atoms with E-state index in [2.05, 4.69) is 18.7 Å². The molecular weight excluding hydrogens is 298 g/mol. The topological polar surface area (TPSA) is 72.5 Å². The molecule has 1 aromatic carbocycles. The number of hydrogen-bond acceptors (Lipinski definition) is 4. The van der Waals surface area contributed by atoms with Crippen molar-refractivity contribution in [3.05, 3.63) is 40.3 Å². The molecule has 3 rings (SSSR count). The zero-order chi connectivity index (χ0) is 15.9. The van der Waals surface area contributed by atoms with Gasteiger partial charge in [0.2, 0.25) is 0 Å². The van der Waals surface area contributed by atoms with Gasteiger partial charge in [-0.25, -0.2) is 4.79 Å². The molecule has 1 aliphatic rings. The van der Waals surface area contributed by atoms with Crippen LogP contribution in [-0.4, -0.2) is 11.1 Å². The molecule has 0 saturated heterocycles. The molecule has 0 unspecified atom stereocenters. The van der Waals surface area contributed by atoms with Crippen molar-refractivity contribution in [1.29, 1.82) is 0 Å². The van der Waals surface area contributed by atoms with E-state index in [-0.39, 0.29) is 5.41 Å². The number of aryl methyl sites for hydroxylation is 1. The van der Waals surface area contributed by atoms with E-state index in [0.29, 0.717) is 11.3 Å². The molecule has 0 fully saturated rings. The van der Waals surface area contributed by atoms with Gasteiger partial charge >= 0.3 is 5.97 Å². The molecule has 4 nitrogen and oxygen atoms in total. The second kappa shape index (κ2) is 5.41. The minimum Gasteiger partial charge on any atom is -0.478 e. The van der Waals surface area contributed by atoms with Gasteiger partial charge in [-0.1, -0.05) is 13.8 Å². The second-order valence-corrected chi connectivity index (χ2v) is 7.60. The predicted octanol–water partition coefficient (Wildman–Crippen LogP) is 3.88.